The molecule has 0 saturated carbocycles. The minimum absolute atomic E-state index is 0.740. The van der Waals surface area contributed by atoms with E-state index in [4.69, 9.17) is 5.73 Å². The smallest absolute Gasteiger partial charge is 0.00388 e. The molecule has 0 bridgehead atoms. The summed E-state index contributed by atoms with van der Waals surface area (Å²) in [6.07, 6.45) is 2.54. The average molecular weight is 156 g/mol. The van der Waals surface area contributed by atoms with Gasteiger partial charge in [0.1, 0.15) is 0 Å². The molecule has 1 aliphatic heterocycles. The minimum Gasteiger partial charge on any atom is -0.330 e. The summed E-state index contributed by atoms with van der Waals surface area (Å²) in [5.41, 5.74) is 5.44. The molecule has 1 aliphatic rings. The first-order valence-corrected chi connectivity index (χ1v) is 4.68. The lowest BCUT2D eigenvalue weighted by molar-refractivity contribution is 0.0620. The Morgan fingerprint density at radius 2 is 2.09 bits per heavy atom. The highest BCUT2D eigenvalue weighted by atomic mass is 15.2. The van der Waals surface area contributed by atoms with Gasteiger partial charge in [-0.2, -0.15) is 0 Å². The summed E-state index contributed by atoms with van der Waals surface area (Å²) in [5.74, 6) is 0.945. The Bertz CT molecular complexity index is 106. The average Bonchev–Trinajstić information content (AvgIpc) is 1.84. The Morgan fingerprint density at radius 3 is 2.55 bits per heavy atom. The zero-order chi connectivity index (χ0) is 8.27. The van der Waals surface area contributed by atoms with Crippen molar-refractivity contribution < 1.29 is 0 Å². The molecule has 0 radical (unpaired) electrons. The standard InChI is InChI=1S/C9H20N2/c1-8(2)11-6-9(7-11)4-3-5-10/h8-9H,3-7,10H2,1-2H3. The van der Waals surface area contributed by atoms with Crippen LogP contribution in [-0.4, -0.2) is 30.6 Å². The first-order valence-electron chi connectivity index (χ1n) is 4.68. The molecule has 1 fully saturated rings. The molecule has 0 aromatic heterocycles. The van der Waals surface area contributed by atoms with Gasteiger partial charge in [-0.25, -0.2) is 0 Å². The highest BCUT2D eigenvalue weighted by Crippen LogP contribution is 2.21. The second-order valence-electron chi connectivity index (χ2n) is 3.84. The molecule has 0 aromatic rings. The lowest BCUT2D eigenvalue weighted by Crippen LogP contribution is -2.50. The molecule has 2 heteroatoms. The number of hydrogen-bond donors (Lipinski definition) is 1. The number of hydrogen-bond acceptors (Lipinski definition) is 2. The maximum absolute atomic E-state index is 5.44. The first-order chi connectivity index (χ1) is 5.24. The van der Waals surface area contributed by atoms with E-state index in [0.717, 1.165) is 18.5 Å². The second kappa shape index (κ2) is 4.07. The summed E-state index contributed by atoms with van der Waals surface area (Å²) >= 11 is 0. The van der Waals surface area contributed by atoms with Crippen molar-refractivity contribution in [2.75, 3.05) is 19.6 Å². The molecule has 0 unspecified atom stereocenters. The van der Waals surface area contributed by atoms with Crippen molar-refractivity contribution in [1.29, 1.82) is 0 Å². The van der Waals surface area contributed by atoms with Gasteiger partial charge in [0.05, 0.1) is 0 Å². The quantitative estimate of drug-likeness (QED) is 0.659. The van der Waals surface area contributed by atoms with E-state index >= 15 is 0 Å². The van der Waals surface area contributed by atoms with Gasteiger partial charge in [0, 0.05) is 19.1 Å². The Balaban J connectivity index is 2.00. The molecule has 0 atom stereocenters. The lowest BCUT2D eigenvalue weighted by atomic mass is 9.93. The van der Waals surface area contributed by atoms with Crippen LogP contribution in [-0.2, 0) is 0 Å². The van der Waals surface area contributed by atoms with Gasteiger partial charge >= 0.3 is 0 Å². The largest absolute Gasteiger partial charge is 0.330 e. The van der Waals surface area contributed by atoms with Crippen molar-refractivity contribution in [2.24, 2.45) is 11.7 Å². The molecular weight excluding hydrogens is 136 g/mol. The minimum atomic E-state index is 0.740. The van der Waals surface area contributed by atoms with E-state index in [0.29, 0.717) is 0 Å². The molecule has 0 aliphatic carbocycles. The van der Waals surface area contributed by atoms with Crippen molar-refractivity contribution in [2.45, 2.75) is 32.7 Å². The predicted molar refractivity (Wildman–Crippen MR) is 48.5 cm³/mol. The van der Waals surface area contributed by atoms with E-state index in [-0.39, 0.29) is 0 Å². The Hall–Kier alpha value is -0.0800. The van der Waals surface area contributed by atoms with Gasteiger partial charge in [-0.3, -0.25) is 0 Å². The fourth-order valence-electron chi connectivity index (χ4n) is 1.62. The van der Waals surface area contributed by atoms with E-state index < -0.39 is 0 Å². The number of likely N-dealkylation sites (tertiary alicyclic amines) is 1. The van der Waals surface area contributed by atoms with E-state index in [1.165, 1.54) is 25.9 Å². The normalized spacial score (nSPS) is 20.7. The molecule has 11 heavy (non-hydrogen) atoms. The first kappa shape index (κ1) is 9.01. The van der Waals surface area contributed by atoms with Gasteiger partial charge in [0.2, 0.25) is 0 Å². The third-order valence-corrected chi connectivity index (χ3v) is 2.53. The lowest BCUT2D eigenvalue weighted by Gasteiger charge is -2.42. The summed E-state index contributed by atoms with van der Waals surface area (Å²) < 4.78 is 0. The van der Waals surface area contributed by atoms with Crippen molar-refractivity contribution in [3.8, 4) is 0 Å². The summed E-state index contributed by atoms with van der Waals surface area (Å²) in [6, 6.07) is 0.740. The van der Waals surface area contributed by atoms with Crippen LogP contribution in [0, 0.1) is 5.92 Å². The van der Waals surface area contributed by atoms with Crippen LogP contribution in [0.25, 0.3) is 0 Å². The fourth-order valence-corrected chi connectivity index (χ4v) is 1.62. The number of nitrogens with two attached hydrogens (primary N) is 1. The predicted octanol–water partition coefficient (Wildman–Crippen LogP) is 1.07. The summed E-state index contributed by atoms with van der Waals surface area (Å²) in [4.78, 5) is 2.52. The van der Waals surface area contributed by atoms with Gasteiger partial charge in [-0.05, 0) is 39.2 Å². The number of nitrogens with zero attached hydrogens (tertiary/aromatic N) is 1. The maximum atomic E-state index is 5.44. The molecule has 0 spiro atoms. The summed E-state index contributed by atoms with van der Waals surface area (Å²) in [7, 11) is 0. The molecule has 66 valence electrons. The van der Waals surface area contributed by atoms with Gasteiger partial charge in [-0.1, -0.05) is 0 Å². The van der Waals surface area contributed by atoms with E-state index in [2.05, 4.69) is 18.7 Å². The third kappa shape index (κ3) is 2.46. The van der Waals surface area contributed by atoms with Gasteiger partial charge in [0.25, 0.3) is 0 Å². The zero-order valence-corrected chi connectivity index (χ0v) is 7.71. The highest BCUT2D eigenvalue weighted by Gasteiger charge is 2.27. The summed E-state index contributed by atoms with van der Waals surface area (Å²) in [6.45, 7) is 7.99. The molecule has 1 saturated heterocycles. The van der Waals surface area contributed by atoms with Crippen LogP contribution in [0.15, 0.2) is 0 Å². The van der Waals surface area contributed by atoms with Gasteiger partial charge in [-0.15, -0.1) is 0 Å². The second-order valence-corrected chi connectivity index (χ2v) is 3.84. The van der Waals surface area contributed by atoms with E-state index in [9.17, 15) is 0 Å². The van der Waals surface area contributed by atoms with Crippen LogP contribution >= 0.6 is 0 Å². The molecule has 2 nitrogen and oxygen atoms in total. The number of rotatable bonds is 4. The molecular formula is C9H20N2. The van der Waals surface area contributed by atoms with Gasteiger partial charge in [0.15, 0.2) is 0 Å². The molecule has 1 heterocycles. The Kier molecular flexibility index (Phi) is 3.34. The molecule has 0 amide bonds. The maximum Gasteiger partial charge on any atom is 0.00388 e. The van der Waals surface area contributed by atoms with Crippen LogP contribution < -0.4 is 5.73 Å². The molecule has 2 N–H and O–H groups in total. The molecule has 0 aromatic carbocycles. The van der Waals surface area contributed by atoms with Crippen LogP contribution in [0.2, 0.25) is 0 Å². The van der Waals surface area contributed by atoms with Crippen molar-refractivity contribution in [1.82, 2.24) is 4.90 Å². The molecule has 1 rings (SSSR count). The Labute approximate surface area is 69.8 Å². The highest BCUT2D eigenvalue weighted by molar-refractivity contribution is 4.81. The fraction of sp³-hybridized carbons (Fsp3) is 1.00. The van der Waals surface area contributed by atoms with Crippen LogP contribution in [0.3, 0.4) is 0 Å². The van der Waals surface area contributed by atoms with E-state index in [1.807, 2.05) is 0 Å². The monoisotopic (exact) mass is 156 g/mol. The van der Waals surface area contributed by atoms with Crippen LogP contribution in [0.4, 0.5) is 0 Å². The van der Waals surface area contributed by atoms with Crippen molar-refractivity contribution >= 4 is 0 Å². The van der Waals surface area contributed by atoms with Crippen LogP contribution in [0.5, 0.6) is 0 Å². The SMILES string of the molecule is CC(C)N1CC(CCCN)C1. The van der Waals surface area contributed by atoms with Crippen molar-refractivity contribution in [3.05, 3.63) is 0 Å². The van der Waals surface area contributed by atoms with Gasteiger partial charge < -0.3 is 10.6 Å². The summed E-state index contributed by atoms with van der Waals surface area (Å²) in [5, 5.41) is 0. The van der Waals surface area contributed by atoms with Crippen molar-refractivity contribution in [3.63, 3.8) is 0 Å². The Morgan fingerprint density at radius 1 is 1.45 bits per heavy atom. The van der Waals surface area contributed by atoms with Crippen LogP contribution in [0.1, 0.15) is 26.7 Å². The third-order valence-electron chi connectivity index (χ3n) is 2.53. The zero-order valence-electron chi connectivity index (χ0n) is 7.71. The topological polar surface area (TPSA) is 29.3 Å². The van der Waals surface area contributed by atoms with E-state index in [1.54, 1.807) is 0 Å².